The number of fused-ring (bicyclic) bond motifs is 1. The van der Waals surface area contributed by atoms with E-state index in [-0.39, 0.29) is 34.4 Å². The molecule has 6 heteroatoms. The standard InChI is InChI=1S/C8H7N3O2.Na.H/c12-10-11(13)8-5-9-7-4-2-1-3-6(7)8;;/h1-5,9,12H;;. The second-order valence-electron chi connectivity index (χ2n) is 2.58. The molecule has 0 amide bonds. The molecule has 0 radical (unpaired) electrons. The van der Waals surface area contributed by atoms with E-state index < -0.39 is 0 Å². The Kier molecular flexibility index (Phi) is 3.51. The summed E-state index contributed by atoms with van der Waals surface area (Å²) in [5, 5.41) is 22.5. The normalized spacial score (nSPS) is 11.3. The number of para-hydroxylation sites is 1. The van der Waals surface area contributed by atoms with Crippen LogP contribution in [0.2, 0.25) is 0 Å². The fourth-order valence-electron chi connectivity index (χ4n) is 1.26. The number of aromatic amines is 1. The summed E-state index contributed by atoms with van der Waals surface area (Å²) in [7, 11) is 0. The average Bonchev–Trinajstić information content (AvgIpc) is 2.60. The third-order valence-corrected chi connectivity index (χ3v) is 1.85. The molecule has 0 unspecified atom stereocenters. The molecule has 0 aliphatic rings. The van der Waals surface area contributed by atoms with Gasteiger partial charge in [0.05, 0.1) is 17.1 Å². The molecule has 14 heavy (non-hydrogen) atoms. The van der Waals surface area contributed by atoms with Crippen LogP contribution in [0, 0.1) is 5.21 Å². The topological polar surface area (TPSA) is 74.4 Å². The molecule has 1 heterocycles. The maximum atomic E-state index is 11.0. The second kappa shape index (κ2) is 4.45. The van der Waals surface area contributed by atoms with Crippen LogP contribution in [-0.4, -0.2) is 44.6 Å². The van der Waals surface area contributed by atoms with Gasteiger partial charge < -0.3 is 15.4 Å². The number of nitrogens with zero attached hydrogens (tertiary/aromatic N) is 2. The van der Waals surface area contributed by atoms with Crippen LogP contribution in [-0.2, 0) is 0 Å². The van der Waals surface area contributed by atoms with Gasteiger partial charge in [0.2, 0.25) is 5.28 Å². The Labute approximate surface area is 102 Å². The maximum absolute atomic E-state index is 11.0. The fourth-order valence-corrected chi connectivity index (χ4v) is 1.26. The summed E-state index contributed by atoms with van der Waals surface area (Å²) in [6, 6.07) is 7.28. The van der Waals surface area contributed by atoms with Crippen molar-refractivity contribution < 1.29 is 10.1 Å². The van der Waals surface area contributed by atoms with Crippen LogP contribution < -0.4 is 0 Å². The summed E-state index contributed by atoms with van der Waals surface area (Å²) >= 11 is 0. The molecule has 1 aromatic carbocycles. The van der Waals surface area contributed by atoms with Gasteiger partial charge in [0.15, 0.2) is 0 Å². The molecule has 1 aromatic heterocycles. The minimum Gasteiger partial charge on any atom is -0.592 e. The first-order valence-electron chi connectivity index (χ1n) is 3.71. The smallest absolute Gasteiger partial charge is 0.273 e. The molecule has 0 aliphatic heterocycles. The first-order valence-corrected chi connectivity index (χ1v) is 3.71. The van der Waals surface area contributed by atoms with Crippen molar-refractivity contribution >= 4 is 46.1 Å². The van der Waals surface area contributed by atoms with Crippen molar-refractivity contribution in [2.75, 3.05) is 0 Å². The van der Waals surface area contributed by atoms with Crippen molar-refractivity contribution in [3.8, 4) is 0 Å². The summed E-state index contributed by atoms with van der Waals surface area (Å²) < 4.78 is 0. The monoisotopic (exact) mass is 201 g/mol. The summed E-state index contributed by atoms with van der Waals surface area (Å²) in [5.41, 5.74) is 1.14. The molecule has 5 nitrogen and oxygen atoms in total. The Hall–Kier alpha value is -1.04. The Bertz CT molecular complexity index is 466. The van der Waals surface area contributed by atoms with E-state index in [1.54, 1.807) is 6.07 Å². The quantitative estimate of drug-likeness (QED) is 0.317. The van der Waals surface area contributed by atoms with Gasteiger partial charge in [0, 0.05) is 0 Å². The number of rotatable bonds is 1. The Balaban J connectivity index is 0.000000980. The molecule has 0 saturated heterocycles. The van der Waals surface area contributed by atoms with Crippen molar-refractivity contribution in [2.45, 2.75) is 0 Å². The van der Waals surface area contributed by atoms with Crippen LogP contribution in [0.15, 0.2) is 35.7 Å². The molecule has 0 saturated carbocycles. The molecule has 0 atom stereocenters. The van der Waals surface area contributed by atoms with E-state index in [2.05, 4.69) is 10.3 Å². The summed E-state index contributed by atoms with van der Waals surface area (Å²) in [5.74, 6) is 0. The van der Waals surface area contributed by atoms with Crippen LogP contribution >= 0.6 is 0 Å². The first kappa shape index (κ1) is 11.0. The molecule has 0 fully saturated rings. The fraction of sp³-hybridized carbons (Fsp3) is 0. The van der Waals surface area contributed by atoms with Crippen molar-refractivity contribution in [3.63, 3.8) is 0 Å². The molecular formula is C8H8N3NaO2. The van der Waals surface area contributed by atoms with E-state index in [9.17, 15) is 5.21 Å². The van der Waals surface area contributed by atoms with Gasteiger partial charge in [-0.3, -0.25) is 0 Å². The zero-order chi connectivity index (χ0) is 9.26. The predicted octanol–water partition coefficient (Wildman–Crippen LogP) is 1.50. The van der Waals surface area contributed by atoms with Gasteiger partial charge in [-0.1, -0.05) is 12.1 Å². The Morgan fingerprint density at radius 2 is 2.07 bits per heavy atom. The van der Waals surface area contributed by atoms with Crippen LogP contribution in [0.3, 0.4) is 0 Å². The third-order valence-electron chi connectivity index (χ3n) is 1.85. The zero-order valence-electron chi connectivity index (χ0n) is 6.64. The molecule has 0 bridgehead atoms. The minimum absolute atomic E-state index is 0. The van der Waals surface area contributed by atoms with Crippen LogP contribution in [0.25, 0.3) is 10.9 Å². The zero-order valence-corrected chi connectivity index (χ0v) is 6.64. The molecule has 2 rings (SSSR count). The Morgan fingerprint density at radius 1 is 1.36 bits per heavy atom. The van der Waals surface area contributed by atoms with Crippen molar-refractivity contribution in [2.24, 2.45) is 5.28 Å². The Morgan fingerprint density at radius 3 is 2.79 bits per heavy atom. The van der Waals surface area contributed by atoms with Gasteiger partial charge in [-0.15, -0.1) is 0 Å². The predicted molar refractivity (Wildman–Crippen MR) is 52.9 cm³/mol. The van der Waals surface area contributed by atoms with Gasteiger partial charge in [-0.2, -0.15) is 0 Å². The van der Waals surface area contributed by atoms with Gasteiger partial charge in [-0.05, 0) is 17.0 Å². The molecule has 0 spiro atoms. The van der Waals surface area contributed by atoms with Crippen LogP contribution in [0.5, 0.6) is 0 Å². The van der Waals surface area contributed by atoms with E-state index in [0.29, 0.717) is 5.69 Å². The molecule has 2 N–H and O–H groups in total. The molecular weight excluding hydrogens is 193 g/mol. The van der Waals surface area contributed by atoms with Gasteiger partial charge in [-0.25, -0.2) is 0 Å². The maximum Gasteiger partial charge on any atom is 0.273 e. The summed E-state index contributed by atoms with van der Waals surface area (Å²) in [6.07, 6.45) is 1.50. The number of hydrogen-bond acceptors (Lipinski definition) is 2. The molecule has 2 aromatic rings. The van der Waals surface area contributed by atoms with Crippen molar-refractivity contribution in [1.29, 1.82) is 0 Å². The molecule has 68 valence electrons. The number of benzene rings is 1. The average molecular weight is 201 g/mol. The summed E-state index contributed by atoms with van der Waals surface area (Å²) in [6.45, 7) is 0. The van der Waals surface area contributed by atoms with Gasteiger partial charge in [0.1, 0.15) is 0 Å². The number of aromatic nitrogens is 1. The molecule has 0 aliphatic carbocycles. The third kappa shape index (κ3) is 1.75. The van der Waals surface area contributed by atoms with E-state index in [1.807, 2.05) is 18.2 Å². The largest absolute Gasteiger partial charge is 0.592 e. The van der Waals surface area contributed by atoms with E-state index >= 15 is 0 Å². The van der Waals surface area contributed by atoms with E-state index in [1.165, 1.54) is 6.20 Å². The SMILES string of the molecule is [NaH].[O-][N+](=NO)c1c[nH]c2ccccc12. The van der Waals surface area contributed by atoms with Crippen LogP contribution in [0.1, 0.15) is 0 Å². The number of H-pyrrole nitrogens is 1. The van der Waals surface area contributed by atoms with Gasteiger partial charge >= 0.3 is 29.6 Å². The number of hydrogen-bond donors (Lipinski definition) is 2. The van der Waals surface area contributed by atoms with E-state index in [0.717, 1.165) is 10.9 Å². The van der Waals surface area contributed by atoms with Crippen LogP contribution in [0.4, 0.5) is 5.69 Å². The first-order chi connectivity index (χ1) is 6.33. The second-order valence-corrected chi connectivity index (χ2v) is 2.58. The summed E-state index contributed by atoms with van der Waals surface area (Å²) in [4.78, 5) is 3.06. The van der Waals surface area contributed by atoms with E-state index in [4.69, 9.17) is 5.21 Å². The van der Waals surface area contributed by atoms with Crippen molar-refractivity contribution in [1.82, 2.24) is 4.98 Å². The number of nitrogens with one attached hydrogen (secondary N) is 1. The minimum atomic E-state index is 0. The van der Waals surface area contributed by atoms with Gasteiger partial charge in [0.25, 0.3) is 5.69 Å². The van der Waals surface area contributed by atoms with Crippen molar-refractivity contribution in [3.05, 3.63) is 35.7 Å².